The van der Waals surface area contributed by atoms with Gasteiger partial charge in [0.15, 0.2) is 6.10 Å². The molecule has 0 unspecified atom stereocenters. The van der Waals surface area contributed by atoms with Crippen LogP contribution >= 0.6 is 11.8 Å². The van der Waals surface area contributed by atoms with Gasteiger partial charge < -0.3 is 19.2 Å². The standard InChI is InChI=1S/C19H27N3O5S/c23-22(24)27-17-14-26-18-16(13-25-19(17)18)21-10-8-20(9-11-21)7-4-12-28-15-5-2-1-3-6-15/h1-3,5-6,16-19H,4,7-14H2/t16-,17-,18-,19-/m1/s1. The number of nitrogens with zero attached hydrogens (tertiary/aromatic N) is 3. The second kappa shape index (κ2) is 9.41. The Bertz CT molecular complexity index is 644. The van der Waals surface area contributed by atoms with Crippen molar-refractivity contribution >= 4 is 11.8 Å². The van der Waals surface area contributed by atoms with E-state index >= 15 is 0 Å². The lowest BCUT2D eigenvalue weighted by molar-refractivity contribution is -0.769. The summed E-state index contributed by atoms with van der Waals surface area (Å²) in [6, 6.07) is 10.7. The molecule has 4 rings (SSSR count). The van der Waals surface area contributed by atoms with Crippen LogP contribution in [0.2, 0.25) is 0 Å². The number of ether oxygens (including phenoxy) is 2. The maximum atomic E-state index is 10.6. The van der Waals surface area contributed by atoms with Gasteiger partial charge in [0, 0.05) is 31.1 Å². The zero-order valence-corrected chi connectivity index (χ0v) is 16.7. The number of hydrogen-bond acceptors (Lipinski definition) is 8. The van der Waals surface area contributed by atoms with E-state index in [1.54, 1.807) is 0 Å². The molecule has 1 aromatic carbocycles. The van der Waals surface area contributed by atoms with E-state index in [9.17, 15) is 10.1 Å². The third-order valence-corrected chi connectivity index (χ3v) is 6.81. The van der Waals surface area contributed by atoms with Gasteiger partial charge in [-0.25, -0.2) is 0 Å². The average molecular weight is 410 g/mol. The predicted molar refractivity (Wildman–Crippen MR) is 105 cm³/mol. The summed E-state index contributed by atoms with van der Waals surface area (Å²) in [6.07, 6.45) is 0.121. The van der Waals surface area contributed by atoms with Crippen molar-refractivity contribution in [1.82, 2.24) is 9.80 Å². The number of piperazine rings is 1. The quantitative estimate of drug-likeness (QED) is 0.277. The van der Waals surface area contributed by atoms with Crippen molar-refractivity contribution in [2.45, 2.75) is 35.7 Å². The van der Waals surface area contributed by atoms with E-state index in [0.29, 0.717) is 6.61 Å². The van der Waals surface area contributed by atoms with Gasteiger partial charge in [-0.3, -0.25) is 4.90 Å². The Morgan fingerprint density at radius 1 is 1.11 bits per heavy atom. The normalized spacial score (nSPS) is 31.0. The van der Waals surface area contributed by atoms with Crippen LogP contribution in [-0.4, -0.2) is 90.9 Å². The van der Waals surface area contributed by atoms with Gasteiger partial charge >= 0.3 is 0 Å². The van der Waals surface area contributed by atoms with Gasteiger partial charge in [0.05, 0.1) is 19.3 Å². The average Bonchev–Trinajstić information content (AvgIpc) is 3.29. The van der Waals surface area contributed by atoms with Crippen molar-refractivity contribution in [2.75, 3.05) is 51.7 Å². The van der Waals surface area contributed by atoms with E-state index in [1.165, 1.54) is 11.3 Å². The zero-order valence-electron chi connectivity index (χ0n) is 15.9. The van der Waals surface area contributed by atoms with Crippen molar-refractivity contribution < 1.29 is 19.4 Å². The largest absolute Gasteiger partial charge is 0.371 e. The smallest absolute Gasteiger partial charge is 0.294 e. The highest BCUT2D eigenvalue weighted by molar-refractivity contribution is 7.99. The van der Waals surface area contributed by atoms with Crippen molar-refractivity contribution in [2.24, 2.45) is 0 Å². The maximum absolute atomic E-state index is 10.6. The molecule has 1 aromatic rings. The van der Waals surface area contributed by atoms with Crippen molar-refractivity contribution in [1.29, 1.82) is 0 Å². The van der Waals surface area contributed by atoms with Gasteiger partial charge in [0.2, 0.25) is 0 Å². The van der Waals surface area contributed by atoms with Crippen molar-refractivity contribution in [3.63, 3.8) is 0 Å². The Balaban J connectivity index is 1.16. The summed E-state index contributed by atoms with van der Waals surface area (Å²) in [5.41, 5.74) is 0. The Kier molecular flexibility index (Phi) is 6.69. The first-order chi connectivity index (χ1) is 13.7. The molecule has 3 saturated heterocycles. The molecular formula is C19H27N3O5S. The highest BCUT2D eigenvalue weighted by Crippen LogP contribution is 2.32. The molecular weight excluding hydrogens is 382 g/mol. The fraction of sp³-hybridized carbons (Fsp3) is 0.684. The van der Waals surface area contributed by atoms with Gasteiger partial charge in [-0.2, -0.15) is 0 Å². The summed E-state index contributed by atoms with van der Waals surface area (Å²) in [7, 11) is 0. The summed E-state index contributed by atoms with van der Waals surface area (Å²) < 4.78 is 11.6. The number of thioether (sulfide) groups is 1. The van der Waals surface area contributed by atoms with E-state index < -0.39 is 11.2 Å². The van der Waals surface area contributed by atoms with E-state index in [2.05, 4.69) is 34.1 Å². The SMILES string of the molecule is O=[N+]([O-])O[C@@H]1CO[C@H]2[C@@H]1OC[C@H]2N1CCN(CCCSc2ccccc2)CC1. The molecule has 0 radical (unpaired) electrons. The fourth-order valence-corrected chi connectivity index (χ4v) is 5.13. The minimum atomic E-state index is -0.748. The van der Waals surface area contributed by atoms with Crippen LogP contribution < -0.4 is 0 Å². The molecule has 154 valence electrons. The first-order valence-corrected chi connectivity index (χ1v) is 10.9. The van der Waals surface area contributed by atoms with Crippen LogP contribution in [0.15, 0.2) is 35.2 Å². The van der Waals surface area contributed by atoms with Crippen LogP contribution in [0.25, 0.3) is 0 Å². The van der Waals surface area contributed by atoms with E-state index in [4.69, 9.17) is 14.3 Å². The lowest BCUT2D eigenvalue weighted by Gasteiger charge is -2.38. The van der Waals surface area contributed by atoms with Crippen LogP contribution in [0.4, 0.5) is 0 Å². The van der Waals surface area contributed by atoms with Crippen molar-refractivity contribution in [3.05, 3.63) is 40.4 Å². The molecule has 28 heavy (non-hydrogen) atoms. The molecule has 3 heterocycles. The summed E-state index contributed by atoms with van der Waals surface area (Å²) in [4.78, 5) is 21.6. The Morgan fingerprint density at radius 3 is 2.61 bits per heavy atom. The molecule has 8 nitrogen and oxygen atoms in total. The van der Waals surface area contributed by atoms with Crippen LogP contribution in [0.3, 0.4) is 0 Å². The molecule has 0 aromatic heterocycles. The minimum Gasteiger partial charge on any atom is -0.371 e. The number of hydrogen-bond donors (Lipinski definition) is 0. The Labute approximate surface area is 169 Å². The van der Waals surface area contributed by atoms with Gasteiger partial charge in [0.25, 0.3) is 5.09 Å². The lowest BCUT2D eigenvalue weighted by atomic mass is 10.1. The predicted octanol–water partition coefficient (Wildman–Crippen LogP) is 1.53. The van der Waals surface area contributed by atoms with Crippen LogP contribution in [0, 0.1) is 10.1 Å². The topological polar surface area (TPSA) is 77.3 Å². The molecule has 0 amide bonds. The van der Waals surface area contributed by atoms with Crippen molar-refractivity contribution in [3.8, 4) is 0 Å². The Hall–Kier alpha value is -1.39. The Morgan fingerprint density at radius 2 is 1.86 bits per heavy atom. The van der Waals surface area contributed by atoms with Gasteiger partial charge in [-0.15, -0.1) is 21.9 Å². The van der Waals surface area contributed by atoms with Crippen LogP contribution in [0.5, 0.6) is 0 Å². The molecule has 9 heteroatoms. The summed E-state index contributed by atoms with van der Waals surface area (Å²) in [5.74, 6) is 1.14. The number of fused-ring (bicyclic) bond motifs is 1. The third-order valence-electron chi connectivity index (χ3n) is 5.71. The molecule has 0 spiro atoms. The number of benzene rings is 1. The monoisotopic (exact) mass is 409 g/mol. The highest BCUT2D eigenvalue weighted by Gasteiger charge is 2.51. The van der Waals surface area contributed by atoms with E-state index in [1.807, 2.05) is 17.8 Å². The molecule has 3 aliphatic rings. The second-order valence-corrected chi connectivity index (χ2v) is 8.59. The highest BCUT2D eigenvalue weighted by atomic mass is 32.2. The zero-order chi connectivity index (χ0) is 19.3. The lowest BCUT2D eigenvalue weighted by Crippen LogP contribution is -2.54. The maximum Gasteiger partial charge on any atom is 0.294 e. The minimum absolute atomic E-state index is 0.126. The molecule has 4 atom stereocenters. The summed E-state index contributed by atoms with van der Waals surface area (Å²) in [5, 5.41) is 9.86. The first-order valence-electron chi connectivity index (χ1n) is 9.89. The van der Waals surface area contributed by atoms with Gasteiger partial charge in [-0.05, 0) is 30.9 Å². The van der Waals surface area contributed by atoms with Crippen LogP contribution in [0.1, 0.15) is 6.42 Å². The molecule has 0 saturated carbocycles. The number of rotatable bonds is 8. The third kappa shape index (κ3) is 4.77. The van der Waals surface area contributed by atoms with Gasteiger partial charge in [-0.1, -0.05) is 18.2 Å². The van der Waals surface area contributed by atoms with E-state index in [-0.39, 0.29) is 24.9 Å². The van der Waals surface area contributed by atoms with E-state index in [0.717, 1.165) is 38.5 Å². The summed E-state index contributed by atoms with van der Waals surface area (Å²) >= 11 is 1.91. The molecule has 3 aliphatic heterocycles. The molecule has 0 aliphatic carbocycles. The molecule has 0 N–H and O–H groups in total. The fourth-order valence-electron chi connectivity index (χ4n) is 4.27. The summed E-state index contributed by atoms with van der Waals surface area (Å²) in [6.45, 7) is 5.94. The second-order valence-electron chi connectivity index (χ2n) is 7.42. The van der Waals surface area contributed by atoms with Gasteiger partial charge in [0.1, 0.15) is 12.2 Å². The molecule has 0 bridgehead atoms. The first kappa shape index (κ1) is 19.9. The molecule has 3 fully saturated rings. The van der Waals surface area contributed by atoms with Crippen LogP contribution in [-0.2, 0) is 14.3 Å².